The van der Waals surface area contributed by atoms with Crippen LogP contribution in [0, 0.1) is 13.8 Å². The number of nitrogens with zero attached hydrogens (tertiary/aromatic N) is 6. The monoisotopic (exact) mass is 530 g/mol. The van der Waals surface area contributed by atoms with Gasteiger partial charge in [0.1, 0.15) is 11.5 Å². The highest BCUT2D eigenvalue weighted by molar-refractivity contribution is 6.06. The van der Waals surface area contributed by atoms with E-state index in [0.29, 0.717) is 35.9 Å². The summed E-state index contributed by atoms with van der Waals surface area (Å²) in [5.74, 6) is 1.43. The van der Waals surface area contributed by atoms with Gasteiger partial charge < -0.3 is 15.0 Å². The number of aryl methyl sites for hydroxylation is 2. The number of aromatic nitrogens is 5. The van der Waals surface area contributed by atoms with Gasteiger partial charge >= 0.3 is 0 Å². The fourth-order valence-corrected chi connectivity index (χ4v) is 4.87. The predicted octanol–water partition coefficient (Wildman–Crippen LogP) is 4.12. The van der Waals surface area contributed by atoms with E-state index in [0.717, 1.165) is 61.6 Å². The van der Waals surface area contributed by atoms with Crippen LogP contribution in [-0.2, 0) is 4.74 Å². The van der Waals surface area contributed by atoms with Crippen LogP contribution in [0.3, 0.4) is 0 Å². The largest absolute Gasteiger partial charge is 0.380 e. The van der Waals surface area contributed by atoms with Gasteiger partial charge in [0.25, 0.3) is 5.91 Å². The van der Waals surface area contributed by atoms with Crippen LogP contribution < -0.4 is 5.32 Å². The van der Waals surface area contributed by atoms with E-state index < -0.39 is 0 Å². The maximum absolute atomic E-state index is 13.7. The highest BCUT2D eigenvalue weighted by atomic mass is 16.5. The Morgan fingerprint density at radius 2 is 1.95 bits per heavy atom. The molecule has 0 spiro atoms. The fraction of sp³-hybridized carbons (Fsp3) is 0.448. The molecule has 206 valence electrons. The van der Waals surface area contributed by atoms with Gasteiger partial charge in [0, 0.05) is 68.9 Å². The number of fused-ring (bicyclic) bond motifs is 1. The Bertz CT molecular complexity index is 1400. The minimum Gasteiger partial charge on any atom is -0.380 e. The van der Waals surface area contributed by atoms with Gasteiger partial charge in [-0.25, -0.2) is 4.98 Å². The summed E-state index contributed by atoms with van der Waals surface area (Å²) in [6, 6.07) is 9.91. The average Bonchev–Trinajstić information content (AvgIpc) is 3.54. The molecule has 2 N–H and O–H groups in total. The van der Waals surface area contributed by atoms with Gasteiger partial charge in [0.15, 0.2) is 5.82 Å². The molecule has 1 atom stereocenters. The Labute approximate surface area is 229 Å². The van der Waals surface area contributed by atoms with Crippen LogP contribution in [0.15, 0.2) is 42.7 Å². The smallest absolute Gasteiger partial charge is 0.256 e. The lowest BCUT2D eigenvalue weighted by molar-refractivity contribution is 0.0554. The molecule has 0 saturated carbocycles. The van der Waals surface area contributed by atoms with Crippen LogP contribution in [0.5, 0.6) is 0 Å². The zero-order valence-corrected chi connectivity index (χ0v) is 23.3. The maximum Gasteiger partial charge on any atom is 0.256 e. The summed E-state index contributed by atoms with van der Waals surface area (Å²) in [6.45, 7) is 13.7. The zero-order chi connectivity index (χ0) is 27.4. The highest BCUT2D eigenvalue weighted by Gasteiger charge is 2.26. The number of carbonyl (C=O) groups is 1. The predicted molar refractivity (Wildman–Crippen MR) is 152 cm³/mol. The van der Waals surface area contributed by atoms with Gasteiger partial charge in [-0.3, -0.25) is 24.3 Å². The molecule has 0 unspecified atom stereocenters. The van der Waals surface area contributed by atoms with E-state index in [-0.39, 0.29) is 11.9 Å². The average molecular weight is 531 g/mol. The first kappa shape index (κ1) is 26.8. The molecule has 4 aromatic rings. The summed E-state index contributed by atoms with van der Waals surface area (Å²) >= 11 is 0. The number of nitrogens with one attached hydrogen (secondary N) is 2. The van der Waals surface area contributed by atoms with Crippen LogP contribution in [0.25, 0.3) is 16.9 Å². The van der Waals surface area contributed by atoms with Crippen molar-refractivity contribution in [3.05, 3.63) is 65.2 Å². The van der Waals surface area contributed by atoms with Crippen molar-refractivity contribution in [3.8, 4) is 5.82 Å². The molecule has 5 rings (SSSR count). The molecule has 4 aromatic heterocycles. The summed E-state index contributed by atoms with van der Waals surface area (Å²) in [5, 5.41) is 11.7. The second-order valence-corrected chi connectivity index (χ2v) is 10.3. The van der Waals surface area contributed by atoms with Gasteiger partial charge in [-0.2, -0.15) is 5.10 Å². The number of rotatable bonds is 10. The van der Waals surface area contributed by atoms with E-state index in [9.17, 15) is 4.79 Å². The Hall–Kier alpha value is -3.76. The van der Waals surface area contributed by atoms with Crippen LogP contribution in [0.4, 0.5) is 5.82 Å². The number of hydrogen-bond acceptors (Lipinski definition) is 7. The van der Waals surface area contributed by atoms with Gasteiger partial charge in [-0.15, -0.1) is 0 Å². The molecule has 1 aliphatic rings. The van der Waals surface area contributed by atoms with E-state index in [1.54, 1.807) is 0 Å². The van der Waals surface area contributed by atoms with Crippen molar-refractivity contribution in [3.63, 3.8) is 0 Å². The summed E-state index contributed by atoms with van der Waals surface area (Å²) < 4.78 is 7.53. The van der Waals surface area contributed by atoms with E-state index in [1.165, 1.54) is 0 Å². The third-order valence-corrected chi connectivity index (χ3v) is 7.12. The van der Waals surface area contributed by atoms with Crippen molar-refractivity contribution in [2.24, 2.45) is 0 Å². The van der Waals surface area contributed by atoms with Crippen LogP contribution >= 0.6 is 0 Å². The van der Waals surface area contributed by atoms with Crippen molar-refractivity contribution < 1.29 is 9.53 Å². The molecule has 1 amide bonds. The van der Waals surface area contributed by atoms with Gasteiger partial charge in [-0.05, 0) is 51.0 Å². The van der Waals surface area contributed by atoms with Crippen molar-refractivity contribution in [2.45, 2.75) is 40.2 Å². The van der Waals surface area contributed by atoms with Crippen LogP contribution in [-0.4, -0.2) is 86.4 Å². The van der Waals surface area contributed by atoms with Gasteiger partial charge in [0.05, 0.1) is 23.9 Å². The topological polar surface area (TPSA) is 104 Å². The summed E-state index contributed by atoms with van der Waals surface area (Å²) in [7, 11) is 0. The number of H-pyrrole nitrogens is 1. The number of ether oxygens (including phenoxy) is 1. The van der Waals surface area contributed by atoms with Gasteiger partial charge in [-0.1, -0.05) is 13.0 Å². The SMILES string of the molecule is CCCOCCN1CCN(C(=O)c2cn(-c3cc(C)[nH]n3)c3nc(N[C@@H](C)c4ccc(C)cn4)ccc23)CC1. The normalized spacial score (nSPS) is 15.1. The lowest BCUT2D eigenvalue weighted by Crippen LogP contribution is -2.49. The maximum atomic E-state index is 13.7. The summed E-state index contributed by atoms with van der Waals surface area (Å²) in [6.07, 6.45) is 4.77. The molecule has 0 aromatic carbocycles. The number of amides is 1. The van der Waals surface area contributed by atoms with Crippen LogP contribution in [0.2, 0.25) is 0 Å². The Kier molecular flexibility index (Phi) is 8.23. The van der Waals surface area contributed by atoms with Crippen molar-refractivity contribution in [1.82, 2.24) is 34.5 Å². The van der Waals surface area contributed by atoms with Crippen molar-refractivity contribution in [2.75, 3.05) is 51.3 Å². The van der Waals surface area contributed by atoms with E-state index >= 15 is 0 Å². The number of pyridine rings is 2. The molecule has 10 heteroatoms. The second-order valence-electron chi connectivity index (χ2n) is 10.3. The molecule has 1 aliphatic heterocycles. The zero-order valence-electron chi connectivity index (χ0n) is 23.3. The quantitative estimate of drug-likeness (QED) is 0.297. The number of piperazine rings is 1. The molecule has 0 aliphatic carbocycles. The number of aromatic amines is 1. The standard InChI is InChI=1S/C29H38N8O2/c1-5-15-39-16-14-35-10-12-36(13-11-35)29(38)24-19-37(27-17-21(3)33-34-27)28-23(24)7-9-26(32-28)31-22(4)25-8-6-20(2)18-30-25/h6-9,17-19,22H,5,10-16H2,1-4H3,(H,31,32)(H,33,34)/t22-/m0/s1. The first-order valence-corrected chi connectivity index (χ1v) is 13.8. The van der Waals surface area contributed by atoms with Crippen molar-refractivity contribution >= 4 is 22.8 Å². The summed E-state index contributed by atoms with van der Waals surface area (Å²) in [5.41, 5.74) is 4.32. The molecular weight excluding hydrogens is 492 g/mol. The molecule has 1 saturated heterocycles. The third-order valence-electron chi connectivity index (χ3n) is 7.12. The van der Waals surface area contributed by atoms with E-state index in [2.05, 4.69) is 45.3 Å². The Morgan fingerprint density at radius 3 is 2.64 bits per heavy atom. The molecule has 5 heterocycles. The first-order chi connectivity index (χ1) is 18.9. The first-order valence-electron chi connectivity index (χ1n) is 13.8. The minimum atomic E-state index is -0.0311. The molecule has 10 nitrogen and oxygen atoms in total. The lowest BCUT2D eigenvalue weighted by atomic mass is 10.1. The van der Waals surface area contributed by atoms with E-state index in [4.69, 9.17) is 9.72 Å². The van der Waals surface area contributed by atoms with Crippen molar-refractivity contribution in [1.29, 1.82) is 0 Å². The molecule has 0 radical (unpaired) electrons. The molecule has 0 bridgehead atoms. The minimum absolute atomic E-state index is 0.0209. The molecule has 39 heavy (non-hydrogen) atoms. The fourth-order valence-electron chi connectivity index (χ4n) is 4.87. The van der Waals surface area contributed by atoms with Crippen LogP contribution in [0.1, 0.15) is 53.6 Å². The third kappa shape index (κ3) is 6.12. The molecular formula is C29H38N8O2. The Morgan fingerprint density at radius 1 is 1.13 bits per heavy atom. The number of anilines is 1. The highest BCUT2D eigenvalue weighted by Crippen LogP contribution is 2.27. The number of hydrogen-bond donors (Lipinski definition) is 2. The summed E-state index contributed by atoms with van der Waals surface area (Å²) in [4.78, 5) is 27.5. The second kappa shape index (κ2) is 12.0. The lowest BCUT2D eigenvalue weighted by Gasteiger charge is -2.34. The number of carbonyl (C=O) groups excluding carboxylic acids is 1. The Balaban J connectivity index is 1.37. The van der Waals surface area contributed by atoms with E-state index in [1.807, 2.05) is 60.0 Å². The van der Waals surface area contributed by atoms with Gasteiger partial charge in [0.2, 0.25) is 0 Å². The molecule has 1 fully saturated rings.